The van der Waals surface area contributed by atoms with Gasteiger partial charge in [0, 0.05) is 43.4 Å². The van der Waals surface area contributed by atoms with E-state index in [1.165, 1.54) is 0 Å². The molecule has 1 unspecified atom stereocenters. The lowest BCUT2D eigenvalue weighted by Gasteiger charge is -2.12. The van der Waals surface area contributed by atoms with Crippen LogP contribution in [0.1, 0.15) is 17.3 Å². The molecule has 1 N–H and O–H groups in total. The Morgan fingerprint density at radius 1 is 0.548 bits per heavy atom. The summed E-state index contributed by atoms with van der Waals surface area (Å²) in [6.07, 6.45) is -0.439. The van der Waals surface area contributed by atoms with Crippen molar-refractivity contribution in [2.24, 2.45) is 25.0 Å². The van der Waals surface area contributed by atoms with E-state index >= 15 is 0 Å². The monoisotopic (exact) mass is 576 g/mol. The predicted molar refractivity (Wildman–Crippen MR) is 164 cm³/mol. The molecule has 3 aliphatic rings. The number of aromatic amines is 1. The van der Waals surface area contributed by atoms with Gasteiger partial charge in [0.15, 0.2) is 12.0 Å². The number of halogens is 1. The Kier molecular flexibility index (Phi) is 4.43. The molecule has 8 nitrogen and oxygen atoms in total. The average molecular weight is 577 g/mol. The Hall–Kier alpha value is -4.81. The van der Waals surface area contributed by atoms with Gasteiger partial charge < -0.3 is 12.1 Å². The van der Waals surface area contributed by atoms with Crippen LogP contribution in [-0.2, 0) is 0 Å². The largest absolute Gasteiger partial charge is 0.722 e. The van der Waals surface area contributed by atoms with Crippen molar-refractivity contribution in [1.29, 1.82) is 0 Å². The van der Waals surface area contributed by atoms with Crippen LogP contribution < -0.4 is 22.0 Å². The molecule has 10 rings (SSSR count). The zero-order chi connectivity index (χ0) is 27.5. The van der Waals surface area contributed by atoms with E-state index in [9.17, 15) is 0 Å². The van der Waals surface area contributed by atoms with E-state index in [-0.39, 0.29) is 0 Å². The third-order valence-corrected chi connectivity index (χ3v) is 11.4. The molecule has 0 saturated carbocycles. The number of hydrogen-bond donors (Lipinski definition) is 1. The van der Waals surface area contributed by atoms with Crippen LogP contribution in [0, 0.1) is 0 Å². The minimum absolute atomic E-state index is 0.439. The first-order valence-corrected chi connectivity index (χ1v) is 16.6. The number of aliphatic imine (C=N–C) groups is 1. The number of benzene rings is 4. The second kappa shape index (κ2) is 8.14. The third-order valence-electron chi connectivity index (χ3n) is 8.45. The molecule has 0 saturated heterocycles. The molecule has 3 aromatic heterocycles. The molecule has 0 fully saturated rings. The van der Waals surface area contributed by atoms with E-state index < -0.39 is 19.8 Å². The van der Waals surface area contributed by atoms with Gasteiger partial charge in [-0.2, -0.15) is 10.0 Å². The van der Waals surface area contributed by atoms with Gasteiger partial charge in [-0.15, -0.1) is 0 Å². The summed E-state index contributed by atoms with van der Waals surface area (Å²) in [5, 5.41) is 5.92. The Bertz CT molecular complexity index is 2630. The van der Waals surface area contributed by atoms with Crippen molar-refractivity contribution < 1.29 is 0 Å². The number of rotatable bonds is 0. The quantitative estimate of drug-likeness (QED) is 0.255. The van der Waals surface area contributed by atoms with E-state index in [2.05, 4.69) is 60.6 Å². The molecule has 42 heavy (non-hydrogen) atoms. The average Bonchev–Trinajstić information content (AvgIpc) is 3.74. The van der Waals surface area contributed by atoms with Crippen LogP contribution in [0.15, 0.2) is 122 Å². The van der Waals surface area contributed by atoms with Crippen LogP contribution in [0.3, 0.4) is 0 Å². The Labute approximate surface area is 246 Å². The number of fused-ring (bicyclic) bond motifs is 15. The minimum atomic E-state index is -2.68. The molecule has 0 spiro atoms. The highest BCUT2D eigenvalue weighted by molar-refractivity contribution is 7.05. The maximum atomic E-state index is 7.77. The van der Waals surface area contributed by atoms with E-state index in [1.54, 1.807) is 0 Å². The maximum Gasteiger partial charge on any atom is 0.722 e. The lowest BCUT2D eigenvalue weighted by Crippen LogP contribution is -2.50. The fourth-order valence-corrected chi connectivity index (χ4v) is 9.52. The highest BCUT2D eigenvalue weighted by Gasteiger charge is 2.35. The summed E-state index contributed by atoms with van der Waals surface area (Å²) in [5.74, 6) is 2.14. The lowest BCUT2D eigenvalue weighted by molar-refractivity contribution is 0.746. The number of aromatic nitrogens is 3. The van der Waals surface area contributed by atoms with E-state index in [0.29, 0.717) is 5.84 Å². The second-order valence-electron chi connectivity index (χ2n) is 10.7. The van der Waals surface area contributed by atoms with Crippen LogP contribution in [0.2, 0.25) is 0 Å². The van der Waals surface area contributed by atoms with Crippen molar-refractivity contribution in [3.05, 3.63) is 130 Å². The highest BCUT2D eigenvalue weighted by Crippen LogP contribution is 2.34. The third kappa shape index (κ3) is 2.90. The molecule has 3 aliphatic heterocycles. The van der Waals surface area contributed by atoms with Crippen molar-refractivity contribution in [1.82, 2.24) is 12.1 Å². The minimum Gasteiger partial charge on any atom is -0.370 e. The second-order valence-corrected chi connectivity index (χ2v) is 13.5. The first kappa shape index (κ1) is 22.8. The normalized spacial score (nSPS) is 18.8. The fraction of sp³-hybridized carbons (Fsp3) is 0.0312. The number of nitrogens with one attached hydrogen (secondary N) is 1. The van der Waals surface area contributed by atoms with Gasteiger partial charge in [0.1, 0.15) is 33.6 Å². The van der Waals surface area contributed by atoms with Gasteiger partial charge in [-0.1, -0.05) is 97.1 Å². The molecule has 10 heteroatoms. The van der Waals surface area contributed by atoms with Crippen molar-refractivity contribution in [2.45, 2.75) is 6.17 Å². The summed E-state index contributed by atoms with van der Waals surface area (Å²) in [7, 11) is 7.77. The summed E-state index contributed by atoms with van der Waals surface area (Å²) in [6, 6.07) is 32.9. The van der Waals surface area contributed by atoms with Crippen molar-refractivity contribution in [2.75, 3.05) is 0 Å². The van der Waals surface area contributed by atoms with Crippen molar-refractivity contribution >= 4 is 73.5 Å². The SMILES string of the molecule is [Cl][Al]1[n]2c3c4ccccc4/c2=N/c2[nH]c(c4ccccc24)/N=c2/c4ccccc4/c([n]21)=N/C1N=C(N=3)c2ccccc21. The first-order valence-electron chi connectivity index (χ1n) is 13.8. The van der Waals surface area contributed by atoms with Gasteiger partial charge in [-0.3, -0.25) is 0 Å². The molecule has 6 bridgehead atoms. The number of amidine groups is 1. The number of hydrogen-bond acceptors (Lipinski definition) is 5. The molecular formula is C32H18AlClN8. The zero-order valence-electron chi connectivity index (χ0n) is 21.9. The molecule has 196 valence electrons. The van der Waals surface area contributed by atoms with Crippen LogP contribution in [0.4, 0.5) is 11.6 Å². The zero-order valence-corrected chi connectivity index (χ0v) is 23.8. The summed E-state index contributed by atoms with van der Waals surface area (Å²) >= 11 is -2.68. The number of H-pyrrole nitrogens is 1. The van der Waals surface area contributed by atoms with E-state index in [0.717, 1.165) is 77.0 Å². The van der Waals surface area contributed by atoms with Crippen LogP contribution in [0.25, 0.3) is 32.3 Å². The molecule has 0 aliphatic carbocycles. The summed E-state index contributed by atoms with van der Waals surface area (Å²) in [5.41, 5.74) is 5.05. The van der Waals surface area contributed by atoms with Crippen molar-refractivity contribution in [3.63, 3.8) is 0 Å². The maximum absolute atomic E-state index is 7.77. The van der Waals surface area contributed by atoms with Crippen LogP contribution in [-0.4, -0.2) is 31.6 Å². The molecule has 0 amide bonds. The standard InChI is InChI=1S/C32H18N8.Al.ClH/c1-2-10-18-17(9-1)25-33-26(18)38-28-21-13-5-6-14-22(21)30(35-28)40-32-24-16-8-7-15-23(24)31(36-32)39-29-20-12-4-3-11-19(20)27(34-29)37-25;;/h1-16,25,36H;;1H/q-2;+3;/p-1. The van der Waals surface area contributed by atoms with Gasteiger partial charge in [0.05, 0.1) is 0 Å². The molecular weight excluding hydrogens is 559 g/mol. The molecule has 1 atom stereocenters. The molecule has 6 heterocycles. The summed E-state index contributed by atoms with van der Waals surface area (Å²) in [4.78, 5) is 29.8. The number of nitrogens with zero attached hydrogens (tertiary/aromatic N) is 7. The van der Waals surface area contributed by atoms with Gasteiger partial charge in [-0.25, -0.2) is 25.0 Å². The smallest absolute Gasteiger partial charge is 0.370 e. The van der Waals surface area contributed by atoms with Gasteiger partial charge >= 0.3 is 13.7 Å². The Morgan fingerprint density at radius 2 is 1.02 bits per heavy atom. The highest BCUT2D eigenvalue weighted by atomic mass is 35.6. The predicted octanol–water partition coefficient (Wildman–Crippen LogP) is 4.63. The van der Waals surface area contributed by atoms with Crippen LogP contribution in [0.5, 0.6) is 0 Å². The van der Waals surface area contributed by atoms with E-state index in [1.807, 2.05) is 48.5 Å². The van der Waals surface area contributed by atoms with E-state index in [4.69, 9.17) is 35.0 Å². The molecule has 7 aromatic rings. The Balaban J connectivity index is 1.54. The lowest BCUT2D eigenvalue weighted by atomic mass is 10.1. The molecule has 0 radical (unpaired) electrons. The van der Waals surface area contributed by atoms with Crippen LogP contribution >= 0.6 is 10.0 Å². The fourth-order valence-electron chi connectivity index (χ4n) is 6.57. The summed E-state index contributed by atoms with van der Waals surface area (Å²) in [6.45, 7) is 0. The van der Waals surface area contributed by atoms with Crippen molar-refractivity contribution in [3.8, 4) is 0 Å². The Morgan fingerprint density at radius 3 is 1.64 bits per heavy atom. The topological polar surface area (TPSA) is 87.5 Å². The van der Waals surface area contributed by atoms with Gasteiger partial charge in [0.25, 0.3) is 0 Å². The molecule has 4 aromatic carbocycles. The summed E-state index contributed by atoms with van der Waals surface area (Å²) < 4.78 is 4.28. The van der Waals surface area contributed by atoms with Gasteiger partial charge in [0.2, 0.25) is 0 Å². The first-order chi connectivity index (χ1) is 20.7. The van der Waals surface area contributed by atoms with Gasteiger partial charge in [-0.05, 0) is 0 Å².